The number of ketones is 1. The molecule has 0 unspecified atom stereocenters. The first kappa shape index (κ1) is 36.5. The minimum Gasteiger partial charge on any atom is -0.506 e. The van der Waals surface area contributed by atoms with Crippen molar-refractivity contribution in [2.75, 3.05) is 0 Å². The van der Waals surface area contributed by atoms with Crippen LogP contribution in [0.4, 0.5) is 0 Å². The summed E-state index contributed by atoms with van der Waals surface area (Å²) in [6.45, 7) is 3.41. The molecular formula is C38H60NO4+. The van der Waals surface area contributed by atoms with Crippen molar-refractivity contribution < 1.29 is 24.4 Å². The number of aromatic hydroxyl groups is 1. The number of carbonyl (C=O) groups is 2. The molecule has 0 saturated heterocycles. The van der Waals surface area contributed by atoms with E-state index < -0.39 is 11.7 Å². The third-order valence-corrected chi connectivity index (χ3v) is 8.63. The molecule has 0 aliphatic rings. The van der Waals surface area contributed by atoms with Crippen molar-refractivity contribution in [3.63, 3.8) is 0 Å². The summed E-state index contributed by atoms with van der Waals surface area (Å²) in [6, 6.07) is 8.76. The monoisotopic (exact) mass is 594 g/mol. The van der Waals surface area contributed by atoms with Crippen molar-refractivity contribution >= 4 is 11.8 Å². The van der Waals surface area contributed by atoms with Gasteiger partial charge in [-0.2, -0.15) is 0 Å². The lowest BCUT2D eigenvalue weighted by atomic mass is 10.00. The first-order valence-electron chi connectivity index (χ1n) is 17.6. The van der Waals surface area contributed by atoms with Crippen LogP contribution in [-0.2, 0) is 13.0 Å². The van der Waals surface area contributed by atoms with E-state index in [0.717, 1.165) is 32.2 Å². The Bertz CT molecular complexity index is 1030. The van der Waals surface area contributed by atoms with Crippen LogP contribution in [0, 0.1) is 0 Å². The van der Waals surface area contributed by atoms with Crippen LogP contribution >= 0.6 is 0 Å². The third-order valence-electron chi connectivity index (χ3n) is 8.63. The molecule has 1 aromatic carbocycles. The van der Waals surface area contributed by atoms with Crippen LogP contribution in [0.1, 0.15) is 174 Å². The summed E-state index contributed by atoms with van der Waals surface area (Å²) in [4.78, 5) is 23.5. The van der Waals surface area contributed by atoms with E-state index in [1.807, 2.05) is 0 Å². The standard InChI is InChI=1S/C38H59NO4/c1-2-3-4-5-6-7-8-9-10-11-12-16-19-22-30-39-31-24-26-33(32-39)25-20-17-14-13-15-18-21-29-36(40)34-27-23-28-35(37(34)41)38(42)43/h23-24,26-28,31-32H,2-22,25,29-30H2,1H3,(H-,40,41,42,43)/p+1. The number of unbranched alkanes of at least 4 members (excludes halogenated alkanes) is 19. The largest absolute Gasteiger partial charge is 0.506 e. The number of benzene rings is 1. The number of para-hydroxylation sites is 1. The third kappa shape index (κ3) is 16.7. The lowest BCUT2D eigenvalue weighted by molar-refractivity contribution is -0.697. The number of rotatable bonds is 27. The Morgan fingerprint density at radius 1 is 0.628 bits per heavy atom. The van der Waals surface area contributed by atoms with Crippen LogP contribution in [0.25, 0.3) is 0 Å². The van der Waals surface area contributed by atoms with Crippen molar-refractivity contribution in [1.82, 2.24) is 0 Å². The van der Waals surface area contributed by atoms with E-state index in [1.165, 1.54) is 139 Å². The van der Waals surface area contributed by atoms with Gasteiger partial charge in [-0.05, 0) is 43.9 Å². The van der Waals surface area contributed by atoms with E-state index in [-0.39, 0.29) is 16.9 Å². The molecule has 0 fully saturated rings. The number of aromatic nitrogens is 1. The fourth-order valence-corrected chi connectivity index (χ4v) is 5.93. The summed E-state index contributed by atoms with van der Waals surface area (Å²) < 4.78 is 2.37. The van der Waals surface area contributed by atoms with Gasteiger partial charge in [0.25, 0.3) is 0 Å². The molecule has 5 nitrogen and oxygen atoms in total. The van der Waals surface area contributed by atoms with E-state index >= 15 is 0 Å². The number of phenols is 1. The Morgan fingerprint density at radius 2 is 1.14 bits per heavy atom. The summed E-state index contributed by atoms with van der Waals surface area (Å²) in [5.41, 5.74) is 1.32. The van der Waals surface area contributed by atoms with E-state index in [1.54, 1.807) is 0 Å². The Morgan fingerprint density at radius 3 is 1.72 bits per heavy atom. The highest BCUT2D eigenvalue weighted by atomic mass is 16.4. The van der Waals surface area contributed by atoms with Gasteiger partial charge in [0.15, 0.2) is 18.2 Å². The van der Waals surface area contributed by atoms with Crippen LogP contribution in [0.2, 0.25) is 0 Å². The molecule has 0 saturated carbocycles. The van der Waals surface area contributed by atoms with E-state index in [4.69, 9.17) is 5.11 Å². The number of aryl methyl sites for hydroxylation is 2. The molecule has 43 heavy (non-hydrogen) atoms. The Kier molecular flexibility index (Phi) is 20.1. The Hall–Kier alpha value is -2.69. The highest BCUT2D eigenvalue weighted by Crippen LogP contribution is 2.24. The maximum absolute atomic E-state index is 12.4. The van der Waals surface area contributed by atoms with Crippen molar-refractivity contribution in [2.24, 2.45) is 0 Å². The predicted molar refractivity (Wildman–Crippen MR) is 177 cm³/mol. The van der Waals surface area contributed by atoms with Gasteiger partial charge in [-0.3, -0.25) is 4.79 Å². The molecule has 0 spiro atoms. The first-order chi connectivity index (χ1) is 21.0. The zero-order valence-electron chi connectivity index (χ0n) is 27.2. The lowest BCUT2D eigenvalue weighted by Crippen LogP contribution is -2.33. The first-order valence-corrected chi connectivity index (χ1v) is 17.6. The number of nitrogens with zero attached hydrogens (tertiary/aromatic N) is 1. The molecule has 0 bridgehead atoms. The smallest absolute Gasteiger partial charge is 0.339 e. The van der Waals surface area contributed by atoms with Gasteiger partial charge in [-0.15, -0.1) is 0 Å². The lowest BCUT2D eigenvalue weighted by Gasteiger charge is -2.06. The van der Waals surface area contributed by atoms with Crippen LogP contribution < -0.4 is 4.57 Å². The number of pyridine rings is 1. The van der Waals surface area contributed by atoms with Gasteiger partial charge in [0.05, 0.1) is 5.56 Å². The summed E-state index contributed by atoms with van der Waals surface area (Å²) in [5.74, 6) is -1.83. The average Bonchev–Trinajstić information content (AvgIpc) is 3.00. The second-order valence-corrected chi connectivity index (χ2v) is 12.5. The molecule has 1 aromatic heterocycles. The number of aromatic carboxylic acids is 1. The van der Waals surface area contributed by atoms with Crippen molar-refractivity contribution in [1.29, 1.82) is 0 Å². The van der Waals surface area contributed by atoms with E-state index in [0.29, 0.717) is 6.42 Å². The van der Waals surface area contributed by atoms with Gasteiger partial charge in [-0.25, -0.2) is 9.36 Å². The fourth-order valence-electron chi connectivity index (χ4n) is 5.93. The summed E-state index contributed by atoms with van der Waals surface area (Å²) in [7, 11) is 0. The SMILES string of the molecule is CCCCCCCCCCCCCCCC[n+]1cccc(CCCCCCCCCC(=O)c2cccc(C(=O)O)c2O)c1. The molecule has 0 aliphatic carbocycles. The maximum atomic E-state index is 12.4. The van der Waals surface area contributed by atoms with Gasteiger partial charge in [-0.1, -0.05) is 122 Å². The molecule has 0 atom stereocenters. The summed E-state index contributed by atoms with van der Waals surface area (Å²) >= 11 is 0. The number of carboxylic acid groups (broad SMARTS) is 1. The number of carboxylic acids is 1. The van der Waals surface area contributed by atoms with E-state index in [2.05, 4.69) is 36.0 Å². The van der Waals surface area contributed by atoms with Gasteiger partial charge in [0, 0.05) is 24.5 Å². The molecule has 2 aromatic rings. The highest BCUT2D eigenvalue weighted by Gasteiger charge is 2.17. The Balaban J connectivity index is 1.43. The molecule has 1 heterocycles. The fraction of sp³-hybridized carbons (Fsp3) is 0.658. The molecule has 0 amide bonds. The van der Waals surface area contributed by atoms with Gasteiger partial charge >= 0.3 is 5.97 Å². The summed E-state index contributed by atoms with van der Waals surface area (Å²) in [6.07, 6.45) is 33.2. The molecular weight excluding hydrogens is 534 g/mol. The van der Waals surface area contributed by atoms with E-state index in [9.17, 15) is 14.7 Å². The number of Topliss-reactive ketones (excluding diaryl/α,β-unsaturated/α-hetero) is 1. The summed E-state index contributed by atoms with van der Waals surface area (Å²) in [5, 5.41) is 19.2. The molecule has 5 heteroatoms. The molecule has 2 rings (SSSR count). The quantitative estimate of drug-likeness (QED) is 0.0613. The topological polar surface area (TPSA) is 78.5 Å². The zero-order chi connectivity index (χ0) is 31.0. The van der Waals surface area contributed by atoms with Crippen molar-refractivity contribution in [3.05, 3.63) is 59.4 Å². The minimum absolute atomic E-state index is 0.113. The Labute approximate surface area is 262 Å². The minimum atomic E-state index is -1.22. The van der Waals surface area contributed by atoms with Gasteiger partial charge in [0.2, 0.25) is 0 Å². The molecule has 240 valence electrons. The van der Waals surface area contributed by atoms with Crippen molar-refractivity contribution in [2.45, 2.75) is 161 Å². The van der Waals surface area contributed by atoms with Crippen LogP contribution in [-0.4, -0.2) is 22.0 Å². The predicted octanol–water partition coefficient (Wildman–Crippen LogP) is 10.4. The highest BCUT2D eigenvalue weighted by molar-refractivity contribution is 6.02. The zero-order valence-corrected chi connectivity index (χ0v) is 27.2. The van der Waals surface area contributed by atoms with Crippen LogP contribution in [0.15, 0.2) is 42.7 Å². The maximum Gasteiger partial charge on any atom is 0.339 e. The number of hydrogen-bond donors (Lipinski definition) is 2. The number of hydrogen-bond acceptors (Lipinski definition) is 3. The van der Waals surface area contributed by atoms with Crippen molar-refractivity contribution in [3.8, 4) is 5.75 Å². The average molecular weight is 595 g/mol. The second-order valence-electron chi connectivity index (χ2n) is 12.5. The normalized spacial score (nSPS) is 11.2. The second kappa shape index (κ2) is 23.7. The molecule has 2 N–H and O–H groups in total. The molecule has 0 aliphatic heterocycles. The van der Waals surface area contributed by atoms with Crippen LogP contribution in [0.5, 0.6) is 5.75 Å². The molecule has 0 radical (unpaired) electrons. The van der Waals surface area contributed by atoms with Gasteiger partial charge < -0.3 is 10.2 Å². The number of carbonyl (C=O) groups excluding carboxylic acids is 1. The van der Waals surface area contributed by atoms with Gasteiger partial charge in [0.1, 0.15) is 17.9 Å². The van der Waals surface area contributed by atoms with Crippen LogP contribution in [0.3, 0.4) is 0 Å².